The molecule has 0 bridgehead atoms. The second-order valence-electron chi connectivity index (χ2n) is 5.00. The fourth-order valence-electron chi connectivity index (χ4n) is 2.76. The monoisotopic (exact) mass is 249 g/mol. The Bertz CT molecular complexity index is 734. The molecule has 0 saturated heterocycles. The van der Waals surface area contributed by atoms with Crippen LogP contribution < -0.4 is 0 Å². The summed E-state index contributed by atoms with van der Waals surface area (Å²) in [6, 6.07) is 15.3. The molecule has 0 spiro atoms. The Hall–Kier alpha value is -2.02. The van der Waals surface area contributed by atoms with E-state index in [0.29, 0.717) is 0 Å². The molecule has 1 aromatic heterocycles. The summed E-state index contributed by atoms with van der Waals surface area (Å²) >= 11 is 0. The summed E-state index contributed by atoms with van der Waals surface area (Å²) < 4.78 is 2.45. The van der Waals surface area contributed by atoms with Crippen LogP contribution in [0.3, 0.4) is 0 Å². The first kappa shape index (κ1) is 12.0. The molecule has 19 heavy (non-hydrogen) atoms. The number of aryl methyl sites for hydroxylation is 1. The molecule has 3 aromatic rings. The molecule has 0 radical (unpaired) electrons. The highest BCUT2D eigenvalue weighted by Crippen LogP contribution is 2.30. The van der Waals surface area contributed by atoms with Gasteiger partial charge in [0.05, 0.1) is 0 Å². The van der Waals surface area contributed by atoms with Crippen LogP contribution in [0, 0.1) is 0 Å². The molecule has 1 heteroatoms. The molecule has 2 aromatic carbocycles. The van der Waals surface area contributed by atoms with Crippen LogP contribution in [0.15, 0.2) is 49.0 Å². The Morgan fingerprint density at radius 3 is 2.63 bits per heavy atom. The number of hydrogen-bond acceptors (Lipinski definition) is 0. The van der Waals surface area contributed by atoms with E-state index in [1.165, 1.54) is 40.2 Å². The highest BCUT2D eigenvalue weighted by Gasteiger charge is 2.09. The minimum Gasteiger partial charge on any atom is -0.340 e. The van der Waals surface area contributed by atoms with E-state index in [1.807, 2.05) is 6.08 Å². The quantitative estimate of drug-likeness (QED) is 0.596. The van der Waals surface area contributed by atoms with Gasteiger partial charge in [-0.1, -0.05) is 50.3 Å². The van der Waals surface area contributed by atoms with Crippen molar-refractivity contribution in [3.8, 4) is 0 Å². The topological polar surface area (TPSA) is 4.93 Å². The molecule has 0 fully saturated rings. The molecule has 0 aliphatic carbocycles. The second kappa shape index (κ2) is 4.93. The summed E-state index contributed by atoms with van der Waals surface area (Å²) in [6.07, 6.45) is 4.35. The standard InChI is InChI=1S/C18H19N/c1-3-5-12-19-17-9-7-6-8-15(17)16-13-14(4-2)10-11-18(16)19/h4,6-11,13H,2-3,5,12H2,1H3. The molecule has 0 aliphatic rings. The molecule has 96 valence electrons. The van der Waals surface area contributed by atoms with E-state index in [4.69, 9.17) is 0 Å². The van der Waals surface area contributed by atoms with E-state index in [-0.39, 0.29) is 0 Å². The van der Waals surface area contributed by atoms with Crippen LogP contribution in [0.4, 0.5) is 0 Å². The predicted octanol–water partition coefficient (Wildman–Crippen LogP) is 5.24. The maximum Gasteiger partial charge on any atom is 0.0491 e. The molecule has 1 heterocycles. The minimum atomic E-state index is 1.09. The average molecular weight is 249 g/mol. The minimum absolute atomic E-state index is 1.09. The van der Waals surface area contributed by atoms with Crippen molar-refractivity contribution in [3.63, 3.8) is 0 Å². The van der Waals surface area contributed by atoms with Crippen molar-refractivity contribution in [2.24, 2.45) is 0 Å². The van der Waals surface area contributed by atoms with Crippen molar-refractivity contribution in [2.75, 3.05) is 0 Å². The van der Waals surface area contributed by atoms with Gasteiger partial charge in [0.25, 0.3) is 0 Å². The number of aromatic nitrogens is 1. The maximum absolute atomic E-state index is 3.87. The lowest BCUT2D eigenvalue weighted by Gasteiger charge is -2.06. The van der Waals surface area contributed by atoms with Gasteiger partial charge in [-0.2, -0.15) is 0 Å². The highest BCUT2D eigenvalue weighted by atomic mass is 15.0. The lowest BCUT2D eigenvalue weighted by molar-refractivity contribution is 0.665. The highest BCUT2D eigenvalue weighted by molar-refractivity contribution is 6.08. The van der Waals surface area contributed by atoms with Gasteiger partial charge in [0, 0.05) is 28.4 Å². The number of hydrogen-bond donors (Lipinski definition) is 0. The molecule has 0 N–H and O–H groups in total. The first-order valence-electron chi connectivity index (χ1n) is 6.98. The number of benzene rings is 2. The van der Waals surface area contributed by atoms with Crippen molar-refractivity contribution in [2.45, 2.75) is 26.3 Å². The average Bonchev–Trinajstić information content (AvgIpc) is 2.78. The van der Waals surface area contributed by atoms with E-state index in [1.54, 1.807) is 0 Å². The molecule has 0 atom stereocenters. The van der Waals surface area contributed by atoms with E-state index in [2.05, 4.69) is 60.5 Å². The van der Waals surface area contributed by atoms with Gasteiger partial charge >= 0.3 is 0 Å². The Balaban J connectivity index is 2.33. The Labute approximate surface area is 114 Å². The zero-order valence-electron chi connectivity index (χ0n) is 11.4. The summed E-state index contributed by atoms with van der Waals surface area (Å²) in [5.74, 6) is 0. The van der Waals surface area contributed by atoms with E-state index < -0.39 is 0 Å². The number of rotatable bonds is 4. The van der Waals surface area contributed by atoms with Crippen LogP contribution in [0.5, 0.6) is 0 Å². The second-order valence-corrected chi connectivity index (χ2v) is 5.00. The van der Waals surface area contributed by atoms with Crippen molar-refractivity contribution in [1.29, 1.82) is 0 Å². The first-order chi connectivity index (χ1) is 9.35. The third kappa shape index (κ3) is 1.95. The molecule has 0 saturated carbocycles. The third-order valence-corrected chi connectivity index (χ3v) is 3.77. The van der Waals surface area contributed by atoms with Crippen molar-refractivity contribution in [1.82, 2.24) is 4.57 Å². The molecule has 0 amide bonds. The third-order valence-electron chi connectivity index (χ3n) is 3.77. The normalized spacial score (nSPS) is 11.2. The van der Waals surface area contributed by atoms with Gasteiger partial charge in [-0.25, -0.2) is 0 Å². The van der Waals surface area contributed by atoms with Crippen LogP contribution in [0.1, 0.15) is 25.3 Å². The zero-order chi connectivity index (χ0) is 13.2. The Morgan fingerprint density at radius 2 is 1.84 bits per heavy atom. The van der Waals surface area contributed by atoms with Gasteiger partial charge in [-0.3, -0.25) is 0 Å². The lowest BCUT2D eigenvalue weighted by Crippen LogP contribution is -1.96. The van der Waals surface area contributed by atoms with Crippen LogP contribution >= 0.6 is 0 Å². The number of para-hydroxylation sites is 1. The molecule has 3 rings (SSSR count). The Kier molecular flexibility index (Phi) is 3.12. The molecular formula is C18H19N. The zero-order valence-corrected chi connectivity index (χ0v) is 11.4. The molecular weight excluding hydrogens is 230 g/mol. The van der Waals surface area contributed by atoms with Gasteiger partial charge in [0.2, 0.25) is 0 Å². The molecule has 0 aliphatic heterocycles. The first-order valence-corrected chi connectivity index (χ1v) is 6.98. The van der Waals surface area contributed by atoms with Gasteiger partial charge < -0.3 is 4.57 Å². The Morgan fingerprint density at radius 1 is 1.05 bits per heavy atom. The molecule has 1 nitrogen and oxygen atoms in total. The van der Waals surface area contributed by atoms with Gasteiger partial charge in [-0.15, -0.1) is 0 Å². The SMILES string of the molecule is C=Cc1ccc2c(c1)c1ccccc1n2CCCC. The van der Waals surface area contributed by atoms with Crippen molar-refractivity contribution in [3.05, 3.63) is 54.6 Å². The number of fused-ring (bicyclic) bond motifs is 3. The fourth-order valence-corrected chi connectivity index (χ4v) is 2.76. The van der Waals surface area contributed by atoms with Crippen molar-refractivity contribution < 1.29 is 0 Å². The van der Waals surface area contributed by atoms with Crippen LogP contribution in [0.25, 0.3) is 27.9 Å². The van der Waals surface area contributed by atoms with Gasteiger partial charge in [-0.05, 0) is 30.2 Å². The lowest BCUT2D eigenvalue weighted by atomic mass is 10.1. The summed E-state index contributed by atoms with van der Waals surface area (Å²) in [6.45, 7) is 7.20. The van der Waals surface area contributed by atoms with Crippen LogP contribution in [0.2, 0.25) is 0 Å². The fraction of sp³-hybridized carbons (Fsp3) is 0.222. The van der Waals surface area contributed by atoms with Gasteiger partial charge in [0.1, 0.15) is 0 Å². The largest absolute Gasteiger partial charge is 0.340 e. The number of unbranched alkanes of at least 4 members (excludes halogenated alkanes) is 1. The van der Waals surface area contributed by atoms with E-state index >= 15 is 0 Å². The smallest absolute Gasteiger partial charge is 0.0491 e. The van der Waals surface area contributed by atoms with E-state index in [0.717, 1.165) is 6.54 Å². The van der Waals surface area contributed by atoms with E-state index in [9.17, 15) is 0 Å². The summed E-state index contributed by atoms with van der Waals surface area (Å²) in [5.41, 5.74) is 3.86. The summed E-state index contributed by atoms with van der Waals surface area (Å²) in [5, 5.41) is 2.68. The van der Waals surface area contributed by atoms with Gasteiger partial charge in [0.15, 0.2) is 0 Å². The van der Waals surface area contributed by atoms with Crippen LogP contribution in [-0.2, 0) is 6.54 Å². The van der Waals surface area contributed by atoms with Crippen molar-refractivity contribution >= 4 is 27.9 Å². The maximum atomic E-state index is 3.87. The summed E-state index contributed by atoms with van der Waals surface area (Å²) in [4.78, 5) is 0. The van der Waals surface area contributed by atoms with Crippen LogP contribution in [-0.4, -0.2) is 4.57 Å². The number of nitrogens with zero attached hydrogens (tertiary/aromatic N) is 1. The predicted molar refractivity (Wildman–Crippen MR) is 84.4 cm³/mol. The summed E-state index contributed by atoms with van der Waals surface area (Å²) in [7, 11) is 0. The molecule has 0 unspecified atom stereocenters.